The Balaban J connectivity index is 2.97. The molecule has 0 heterocycles. The number of rotatable bonds is 5. The van der Waals surface area contributed by atoms with Gasteiger partial charge in [0, 0.05) is 10.6 Å². The SMILES string of the molecule is C=C(Br)COc1c(F)cc(C=CC(=O)O)cc1F. The first kappa shape index (κ1) is 14.4. The number of carboxylic acid groups (broad SMARTS) is 1. The van der Waals surface area contributed by atoms with Crippen molar-refractivity contribution < 1.29 is 23.4 Å². The van der Waals surface area contributed by atoms with Gasteiger partial charge < -0.3 is 9.84 Å². The average molecular weight is 319 g/mol. The quantitative estimate of drug-likeness (QED) is 0.847. The lowest BCUT2D eigenvalue weighted by atomic mass is 10.2. The van der Waals surface area contributed by atoms with Crippen molar-refractivity contribution >= 4 is 28.0 Å². The van der Waals surface area contributed by atoms with Crippen LogP contribution in [0.25, 0.3) is 6.08 Å². The normalized spacial score (nSPS) is 10.6. The van der Waals surface area contributed by atoms with Crippen LogP contribution in [0.5, 0.6) is 5.75 Å². The van der Waals surface area contributed by atoms with Crippen molar-refractivity contribution in [3.05, 3.63) is 46.5 Å². The van der Waals surface area contributed by atoms with E-state index in [0.717, 1.165) is 24.3 Å². The number of aliphatic carboxylic acids is 1. The highest BCUT2D eigenvalue weighted by Gasteiger charge is 2.12. The molecule has 0 unspecified atom stereocenters. The molecule has 0 saturated carbocycles. The molecule has 1 aromatic rings. The Bertz CT molecular complexity index is 489. The van der Waals surface area contributed by atoms with Crippen molar-refractivity contribution in [2.45, 2.75) is 0 Å². The predicted octanol–water partition coefficient (Wildman–Crippen LogP) is 3.35. The van der Waals surface area contributed by atoms with Gasteiger partial charge in [0.1, 0.15) is 6.61 Å². The fourth-order valence-electron chi connectivity index (χ4n) is 1.13. The molecule has 0 radical (unpaired) electrons. The van der Waals surface area contributed by atoms with Crippen LogP contribution in [0, 0.1) is 11.6 Å². The summed E-state index contributed by atoms with van der Waals surface area (Å²) in [6, 6.07) is 1.96. The van der Waals surface area contributed by atoms with Crippen molar-refractivity contribution in [2.75, 3.05) is 6.61 Å². The number of carboxylic acids is 1. The number of benzene rings is 1. The molecule has 0 saturated heterocycles. The molecule has 18 heavy (non-hydrogen) atoms. The molecule has 1 aromatic carbocycles. The van der Waals surface area contributed by atoms with Crippen molar-refractivity contribution in [1.29, 1.82) is 0 Å². The van der Waals surface area contributed by atoms with Crippen LogP contribution < -0.4 is 4.74 Å². The van der Waals surface area contributed by atoms with E-state index < -0.39 is 23.4 Å². The molecular weight excluding hydrogens is 310 g/mol. The number of hydrogen-bond donors (Lipinski definition) is 1. The van der Waals surface area contributed by atoms with E-state index in [-0.39, 0.29) is 12.2 Å². The molecule has 0 aliphatic rings. The topological polar surface area (TPSA) is 46.5 Å². The zero-order valence-corrected chi connectivity index (χ0v) is 10.7. The zero-order valence-electron chi connectivity index (χ0n) is 9.12. The molecule has 0 amide bonds. The van der Waals surface area contributed by atoms with Gasteiger partial charge in [0.15, 0.2) is 17.4 Å². The second-order valence-electron chi connectivity index (χ2n) is 3.29. The Labute approximate surface area is 111 Å². The lowest BCUT2D eigenvalue weighted by Crippen LogP contribution is -2.01. The fraction of sp³-hybridized carbons (Fsp3) is 0.0833. The van der Waals surface area contributed by atoms with E-state index in [1.165, 1.54) is 0 Å². The molecule has 0 aromatic heterocycles. The highest BCUT2D eigenvalue weighted by atomic mass is 79.9. The summed E-state index contributed by atoms with van der Waals surface area (Å²) in [6.45, 7) is 3.39. The standard InChI is InChI=1S/C12H9BrF2O3/c1-7(13)6-18-12-9(14)4-8(5-10(12)15)2-3-11(16)17/h2-5H,1,6H2,(H,16,17). The molecule has 0 aliphatic heterocycles. The highest BCUT2D eigenvalue weighted by Crippen LogP contribution is 2.24. The summed E-state index contributed by atoms with van der Waals surface area (Å²) < 4.78 is 32.3. The van der Waals surface area contributed by atoms with E-state index in [0.29, 0.717) is 4.48 Å². The van der Waals surface area contributed by atoms with Gasteiger partial charge in [-0.15, -0.1) is 0 Å². The second-order valence-corrected chi connectivity index (χ2v) is 4.41. The molecule has 96 valence electrons. The van der Waals surface area contributed by atoms with Crippen molar-refractivity contribution in [3.8, 4) is 5.75 Å². The van der Waals surface area contributed by atoms with Gasteiger partial charge in [-0.25, -0.2) is 13.6 Å². The largest absolute Gasteiger partial charge is 0.482 e. The van der Waals surface area contributed by atoms with Gasteiger partial charge in [0.05, 0.1) is 0 Å². The smallest absolute Gasteiger partial charge is 0.328 e. The van der Waals surface area contributed by atoms with Crippen molar-refractivity contribution in [2.24, 2.45) is 0 Å². The van der Waals surface area contributed by atoms with Crippen LogP contribution in [-0.2, 0) is 4.79 Å². The first-order valence-electron chi connectivity index (χ1n) is 4.76. The van der Waals surface area contributed by atoms with Gasteiger partial charge >= 0.3 is 5.97 Å². The third kappa shape index (κ3) is 4.29. The van der Waals surface area contributed by atoms with E-state index in [1.54, 1.807) is 0 Å². The van der Waals surface area contributed by atoms with Crippen molar-refractivity contribution in [1.82, 2.24) is 0 Å². The lowest BCUT2D eigenvalue weighted by Gasteiger charge is -2.08. The van der Waals surface area contributed by atoms with Gasteiger partial charge in [0.25, 0.3) is 0 Å². The molecule has 0 spiro atoms. The van der Waals surface area contributed by atoms with E-state index >= 15 is 0 Å². The minimum absolute atomic E-state index is 0.0713. The first-order chi connectivity index (χ1) is 8.40. The molecule has 3 nitrogen and oxygen atoms in total. The fourth-order valence-corrected chi connectivity index (χ4v) is 1.25. The Morgan fingerprint density at radius 2 is 2.00 bits per heavy atom. The molecule has 1 rings (SSSR count). The number of halogens is 3. The Morgan fingerprint density at radius 3 is 2.44 bits per heavy atom. The van der Waals surface area contributed by atoms with E-state index in [1.807, 2.05) is 0 Å². The Morgan fingerprint density at radius 1 is 1.44 bits per heavy atom. The van der Waals surface area contributed by atoms with E-state index in [9.17, 15) is 13.6 Å². The summed E-state index contributed by atoms with van der Waals surface area (Å²) in [7, 11) is 0. The Kier molecular flexibility index (Phi) is 5.03. The molecular formula is C12H9BrF2O3. The van der Waals surface area contributed by atoms with Crippen LogP contribution in [0.3, 0.4) is 0 Å². The van der Waals surface area contributed by atoms with E-state index in [2.05, 4.69) is 22.5 Å². The van der Waals surface area contributed by atoms with Gasteiger partial charge in [-0.1, -0.05) is 22.5 Å². The number of ether oxygens (including phenoxy) is 1. The predicted molar refractivity (Wildman–Crippen MR) is 66.6 cm³/mol. The monoisotopic (exact) mass is 318 g/mol. The third-order valence-corrected chi connectivity index (χ3v) is 2.04. The minimum atomic E-state index is -1.20. The lowest BCUT2D eigenvalue weighted by molar-refractivity contribution is -0.131. The molecule has 0 aliphatic carbocycles. The first-order valence-corrected chi connectivity index (χ1v) is 5.55. The summed E-state index contributed by atoms with van der Waals surface area (Å²) in [5.41, 5.74) is 0.0948. The van der Waals surface area contributed by atoms with Crippen LogP contribution in [0.15, 0.2) is 29.3 Å². The molecule has 0 fully saturated rings. The van der Waals surface area contributed by atoms with Crippen LogP contribution in [0.4, 0.5) is 8.78 Å². The summed E-state index contributed by atoms with van der Waals surface area (Å²) in [4.78, 5) is 10.3. The minimum Gasteiger partial charge on any atom is -0.482 e. The maximum Gasteiger partial charge on any atom is 0.328 e. The molecule has 1 N–H and O–H groups in total. The summed E-state index contributed by atoms with van der Waals surface area (Å²) in [5, 5.41) is 8.40. The number of hydrogen-bond acceptors (Lipinski definition) is 2. The molecule has 6 heteroatoms. The van der Waals surface area contributed by atoms with Crippen LogP contribution in [0.2, 0.25) is 0 Å². The highest BCUT2D eigenvalue weighted by molar-refractivity contribution is 9.11. The van der Waals surface area contributed by atoms with Crippen LogP contribution >= 0.6 is 15.9 Å². The van der Waals surface area contributed by atoms with Gasteiger partial charge in [-0.2, -0.15) is 0 Å². The second kappa shape index (κ2) is 6.30. The van der Waals surface area contributed by atoms with Gasteiger partial charge in [-0.3, -0.25) is 0 Å². The average Bonchev–Trinajstić information content (AvgIpc) is 2.24. The van der Waals surface area contributed by atoms with Gasteiger partial charge in [-0.05, 0) is 23.8 Å². The number of carbonyl (C=O) groups is 1. The van der Waals surface area contributed by atoms with Crippen LogP contribution in [0.1, 0.15) is 5.56 Å². The summed E-state index contributed by atoms with van der Waals surface area (Å²) in [6.07, 6.45) is 1.87. The van der Waals surface area contributed by atoms with Gasteiger partial charge in [0.2, 0.25) is 0 Å². The van der Waals surface area contributed by atoms with E-state index in [4.69, 9.17) is 9.84 Å². The van der Waals surface area contributed by atoms with Crippen LogP contribution in [-0.4, -0.2) is 17.7 Å². The molecule has 0 atom stereocenters. The Hall–Kier alpha value is -1.69. The third-order valence-electron chi connectivity index (χ3n) is 1.81. The van der Waals surface area contributed by atoms with Crippen molar-refractivity contribution in [3.63, 3.8) is 0 Å². The zero-order chi connectivity index (χ0) is 13.7. The summed E-state index contributed by atoms with van der Waals surface area (Å²) in [5.74, 6) is -3.54. The molecule has 0 bridgehead atoms. The summed E-state index contributed by atoms with van der Waals surface area (Å²) >= 11 is 3.00. The maximum atomic E-state index is 13.5. The maximum absolute atomic E-state index is 13.5.